The summed E-state index contributed by atoms with van der Waals surface area (Å²) in [6.07, 6.45) is -23.4. The summed E-state index contributed by atoms with van der Waals surface area (Å²) in [4.78, 5) is 52.3. The van der Waals surface area contributed by atoms with Crippen LogP contribution in [0.3, 0.4) is 0 Å². The number of alkyl halides is 9. The number of ether oxygens (including phenoxy) is 4. The average molecular weight is 763 g/mol. The molecule has 18 heteroatoms. The van der Waals surface area contributed by atoms with E-state index in [-0.39, 0.29) is 6.42 Å². The molecule has 4 atom stereocenters. The van der Waals surface area contributed by atoms with Crippen LogP contribution in [0.4, 0.5) is 39.5 Å². The number of aliphatic hydroxyl groups is 1. The molecule has 9 nitrogen and oxygen atoms in total. The van der Waals surface area contributed by atoms with E-state index in [1.165, 1.54) is 41.5 Å². The standard InChI is InChI=1S/C33H51F9O9/c1-12-28(10,25(46)50-21(13-19(2)3)15-30(47,32(37,38)39)33(40,41)42)17-29(11,24(45)48-16-22(43)49-18-31(34,35)36)14-20(4)23(44)51-27(8,9)26(5,6)7/h19-21,47H,12-18H2,1-11H3. The molecule has 0 aliphatic heterocycles. The van der Waals surface area contributed by atoms with Gasteiger partial charge >= 0.3 is 42.4 Å². The molecule has 4 unspecified atom stereocenters. The maximum Gasteiger partial charge on any atom is 0.426 e. The van der Waals surface area contributed by atoms with Gasteiger partial charge in [0.05, 0.1) is 16.7 Å². The number of carbonyl (C=O) groups is 4. The zero-order valence-corrected chi connectivity index (χ0v) is 30.8. The average Bonchev–Trinajstić information content (AvgIpc) is 2.91. The highest BCUT2D eigenvalue weighted by molar-refractivity contribution is 5.83. The van der Waals surface area contributed by atoms with E-state index < -0.39 is 127 Å². The number of halogens is 9. The third kappa shape index (κ3) is 13.9. The van der Waals surface area contributed by atoms with Crippen LogP contribution in [-0.2, 0) is 38.1 Å². The van der Waals surface area contributed by atoms with Crippen LogP contribution in [0, 0.1) is 28.1 Å². The van der Waals surface area contributed by atoms with Gasteiger partial charge in [-0.2, -0.15) is 39.5 Å². The number of hydrogen-bond acceptors (Lipinski definition) is 9. The molecule has 1 N–H and O–H groups in total. The molecule has 300 valence electrons. The minimum Gasteiger partial charge on any atom is -0.462 e. The van der Waals surface area contributed by atoms with Crippen molar-refractivity contribution >= 4 is 23.9 Å². The van der Waals surface area contributed by atoms with Crippen molar-refractivity contribution in [1.82, 2.24) is 0 Å². The lowest BCUT2D eigenvalue weighted by Gasteiger charge is -2.40. The van der Waals surface area contributed by atoms with Crippen LogP contribution in [0.15, 0.2) is 0 Å². The predicted octanol–water partition coefficient (Wildman–Crippen LogP) is 8.05. The monoisotopic (exact) mass is 762 g/mol. The second kappa shape index (κ2) is 16.9. The highest BCUT2D eigenvalue weighted by Gasteiger charge is 2.71. The lowest BCUT2D eigenvalue weighted by Crippen LogP contribution is -2.59. The van der Waals surface area contributed by atoms with Crippen LogP contribution >= 0.6 is 0 Å². The van der Waals surface area contributed by atoms with Gasteiger partial charge in [0, 0.05) is 11.8 Å². The molecule has 0 aromatic carbocycles. The fraction of sp³-hybridized carbons (Fsp3) is 0.879. The van der Waals surface area contributed by atoms with Gasteiger partial charge < -0.3 is 24.1 Å². The Bertz CT molecular complexity index is 1190. The Morgan fingerprint density at radius 2 is 1.20 bits per heavy atom. The van der Waals surface area contributed by atoms with Gasteiger partial charge in [0.25, 0.3) is 5.60 Å². The van der Waals surface area contributed by atoms with E-state index in [4.69, 9.17) is 14.2 Å². The highest BCUT2D eigenvalue weighted by Crippen LogP contribution is 2.48. The van der Waals surface area contributed by atoms with Gasteiger partial charge in [0.2, 0.25) is 0 Å². The minimum absolute atomic E-state index is 0.241. The Balaban J connectivity index is 6.70. The Kier molecular flexibility index (Phi) is 16.0. The van der Waals surface area contributed by atoms with Crippen LogP contribution in [-0.4, -0.2) is 78.0 Å². The van der Waals surface area contributed by atoms with Crippen LogP contribution < -0.4 is 0 Å². The van der Waals surface area contributed by atoms with Gasteiger partial charge in [0.15, 0.2) is 13.2 Å². The van der Waals surface area contributed by atoms with Crippen molar-refractivity contribution in [2.24, 2.45) is 28.1 Å². The summed E-state index contributed by atoms with van der Waals surface area (Å²) in [7, 11) is 0. The van der Waals surface area contributed by atoms with Gasteiger partial charge in [-0.3, -0.25) is 14.4 Å². The summed E-state index contributed by atoms with van der Waals surface area (Å²) in [6, 6.07) is 0. The van der Waals surface area contributed by atoms with Crippen molar-refractivity contribution in [3.8, 4) is 0 Å². The molecule has 0 heterocycles. The maximum absolute atomic E-state index is 13.6. The van der Waals surface area contributed by atoms with E-state index in [1.54, 1.807) is 34.6 Å². The Morgan fingerprint density at radius 1 is 0.706 bits per heavy atom. The number of esters is 4. The van der Waals surface area contributed by atoms with Crippen LogP contribution in [0.2, 0.25) is 0 Å². The molecule has 0 spiro atoms. The first-order valence-electron chi connectivity index (χ1n) is 16.2. The lowest BCUT2D eigenvalue weighted by molar-refractivity contribution is -0.374. The molecule has 0 aromatic rings. The molecule has 0 aromatic heterocycles. The zero-order chi connectivity index (χ0) is 40.8. The topological polar surface area (TPSA) is 125 Å². The van der Waals surface area contributed by atoms with Gasteiger partial charge in [0.1, 0.15) is 11.7 Å². The van der Waals surface area contributed by atoms with Gasteiger partial charge in [-0.05, 0) is 59.3 Å². The molecule has 0 saturated carbocycles. The normalized spacial score (nSPS) is 17.1. The fourth-order valence-corrected chi connectivity index (χ4v) is 4.91. The van der Waals surface area contributed by atoms with Gasteiger partial charge in [-0.15, -0.1) is 0 Å². The van der Waals surface area contributed by atoms with Crippen molar-refractivity contribution in [2.45, 2.75) is 144 Å². The quantitative estimate of drug-likeness (QED) is 0.0891. The SMILES string of the molecule is CCC(C)(CC(C)(CC(C)C(=O)OC(C)(C)C(C)(C)C)C(=O)OCC(=O)OCC(F)(F)F)C(=O)OC(CC(C)C)CC(O)(C(F)(F)F)C(F)(F)F. The van der Waals surface area contributed by atoms with E-state index in [9.17, 15) is 63.8 Å². The molecule has 0 aliphatic rings. The van der Waals surface area contributed by atoms with Crippen LogP contribution in [0.5, 0.6) is 0 Å². The second-order valence-electron chi connectivity index (χ2n) is 15.5. The Hall–Kier alpha value is -2.79. The van der Waals surface area contributed by atoms with E-state index in [0.29, 0.717) is 0 Å². The molecule has 0 bridgehead atoms. The predicted molar refractivity (Wildman–Crippen MR) is 164 cm³/mol. The van der Waals surface area contributed by atoms with Crippen molar-refractivity contribution in [1.29, 1.82) is 0 Å². The minimum atomic E-state index is -6.20. The van der Waals surface area contributed by atoms with E-state index in [2.05, 4.69) is 4.74 Å². The van der Waals surface area contributed by atoms with E-state index >= 15 is 0 Å². The van der Waals surface area contributed by atoms with Crippen LogP contribution in [0.1, 0.15) is 108 Å². The Labute approximate surface area is 292 Å². The summed E-state index contributed by atoms with van der Waals surface area (Å²) in [6.45, 7) is 13.3. The molecule has 0 saturated heterocycles. The largest absolute Gasteiger partial charge is 0.462 e. The van der Waals surface area contributed by atoms with Gasteiger partial charge in [-0.25, -0.2) is 4.79 Å². The molecular formula is C33H51F9O9. The fourth-order valence-electron chi connectivity index (χ4n) is 4.91. The van der Waals surface area contributed by atoms with Gasteiger partial charge in [-0.1, -0.05) is 48.5 Å². The molecule has 51 heavy (non-hydrogen) atoms. The lowest BCUT2D eigenvalue weighted by atomic mass is 9.68. The molecule has 0 aliphatic carbocycles. The third-order valence-corrected chi connectivity index (χ3v) is 9.05. The summed E-state index contributed by atoms with van der Waals surface area (Å²) in [5, 5.41) is 9.82. The first-order chi connectivity index (χ1) is 22.5. The Morgan fingerprint density at radius 3 is 1.59 bits per heavy atom. The molecular weight excluding hydrogens is 711 g/mol. The molecule has 0 rings (SSSR count). The highest BCUT2D eigenvalue weighted by atomic mass is 19.4. The van der Waals surface area contributed by atoms with Crippen molar-refractivity contribution < 1.29 is 82.7 Å². The molecule has 0 fully saturated rings. The summed E-state index contributed by atoms with van der Waals surface area (Å²) >= 11 is 0. The van der Waals surface area contributed by atoms with Crippen molar-refractivity contribution in [3.63, 3.8) is 0 Å². The number of rotatable bonds is 17. The summed E-state index contributed by atoms with van der Waals surface area (Å²) in [5.41, 5.74) is -10.7. The smallest absolute Gasteiger partial charge is 0.426 e. The number of hydrogen-bond donors (Lipinski definition) is 1. The first kappa shape index (κ1) is 48.2. The maximum atomic E-state index is 13.6. The zero-order valence-electron chi connectivity index (χ0n) is 30.8. The summed E-state index contributed by atoms with van der Waals surface area (Å²) < 4.78 is 139. The summed E-state index contributed by atoms with van der Waals surface area (Å²) in [5.74, 6) is -6.80. The number of carbonyl (C=O) groups excluding carboxylic acids is 4. The first-order valence-corrected chi connectivity index (χ1v) is 16.2. The van der Waals surface area contributed by atoms with Crippen molar-refractivity contribution in [3.05, 3.63) is 0 Å². The molecule has 0 amide bonds. The van der Waals surface area contributed by atoms with Crippen molar-refractivity contribution in [2.75, 3.05) is 13.2 Å². The van der Waals surface area contributed by atoms with E-state index in [1.807, 2.05) is 0 Å². The van der Waals surface area contributed by atoms with Crippen LogP contribution in [0.25, 0.3) is 0 Å². The second-order valence-corrected chi connectivity index (χ2v) is 15.5. The molecule has 0 radical (unpaired) electrons. The van der Waals surface area contributed by atoms with E-state index in [0.717, 1.165) is 0 Å². The third-order valence-electron chi connectivity index (χ3n) is 9.05.